The Kier molecular flexibility index (Phi) is 2.83. The molecule has 6 heteroatoms. The van der Waals surface area contributed by atoms with Crippen molar-refractivity contribution in [3.05, 3.63) is 52.6 Å². The summed E-state index contributed by atoms with van der Waals surface area (Å²) in [6.07, 6.45) is 0. The number of nitrogens with zero attached hydrogens (tertiary/aromatic N) is 2. The number of fused-ring (bicyclic) bond motifs is 1. The molecule has 0 N–H and O–H groups in total. The second-order valence-corrected chi connectivity index (χ2v) is 4.16. The zero-order valence-electron chi connectivity index (χ0n) is 10.6. The smallest absolute Gasteiger partial charge is 0.269 e. The van der Waals surface area contributed by atoms with Crippen LogP contribution in [0.15, 0.2) is 46.9 Å². The molecule has 0 saturated carbocycles. The van der Waals surface area contributed by atoms with Crippen LogP contribution in [-0.4, -0.2) is 17.0 Å². The fourth-order valence-corrected chi connectivity index (χ4v) is 1.88. The molecule has 0 bridgehead atoms. The third-order valence-corrected chi connectivity index (χ3v) is 2.92. The molecule has 0 saturated heterocycles. The van der Waals surface area contributed by atoms with Crippen LogP contribution in [0.5, 0.6) is 5.75 Å². The van der Waals surface area contributed by atoms with Crippen molar-refractivity contribution in [1.82, 2.24) is 4.98 Å². The van der Waals surface area contributed by atoms with E-state index in [0.29, 0.717) is 28.3 Å². The Morgan fingerprint density at radius 2 is 1.95 bits per heavy atom. The van der Waals surface area contributed by atoms with Gasteiger partial charge in [0.15, 0.2) is 5.58 Å². The number of hydrogen-bond donors (Lipinski definition) is 0. The van der Waals surface area contributed by atoms with Gasteiger partial charge in [-0.2, -0.15) is 0 Å². The molecule has 0 unspecified atom stereocenters. The van der Waals surface area contributed by atoms with Crippen molar-refractivity contribution in [2.24, 2.45) is 0 Å². The highest BCUT2D eigenvalue weighted by atomic mass is 16.6. The Morgan fingerprint density at radius 1 is 1.20 bits per heavy atom. The minimum absolute atomic E-state index is 0.0338. The fraction of sp³-hybridized carbons (Fsp3) is 0.0714. The molecule has 0 radical (unpaired) electrons. The fourth-order valence-electron chi connectivity index (χ4n) is 1.88. The highest BCUT2D eigenvalue weighted by Gasteiger charge is 2.11. The van der Waals surface area contributed by atoms with Crippen LogP contribution in [0.2, 0.25) is 0 Å². The van der Waals surface area contributed by atoms with Gasteiger partial charge >= 0.3 is 0 Å². The van der Waals surface area contributed by atoms with E-state index in [9.17, 15) is 10.1 Å². The SMILES string of the molecule is COc1ccc2nc(-c3ccc([N+](=O)[O-])cc3)oc2c1. The second kappa shape index (κ2) is 4.65. The van der Waals surface area contributed by atoms with Gasteiger partial charge in [0, 0.05) is 23.8 Å². The summed E-state index contributed by atoms with van der Waals surface area (Å²) in [5.41, 5.74) is 2.04. The summed E-state index contributed by atoms with van der Waals surface area (Å²) in [5.74, 6) is 1.10. The molecule has 0 fully saturated rings. The van der Waals surface area contributed by atoms with Crippen molar-refractivity contribution in [2.75, 3.05) is 7.11 Å². The topological polar surface area (TPSA) is 78.4 Å². The largest absolute Gasteiger partial charge is 0.497 e. The quantitative estimate of drug-likeness (QED) is 0.538. The van der Waals surface area contributed by atoms with Gasteiger partial charge in [0.05, 0.1) is 12.0 Å². The summed E-state index contributed by atoms with van der Waals surface area (Å²) >= 11 is 0. The van der Waals surface area contributed by atoms with E-state index in [1.54, 1.807) is 37.4 Å². The monoisotopic (exact) mass is 270 g/mol. The van der Waals surface area contributed by atoms with Crippen LogP contribution in [0.3, 0.4) is 0 Å². The van der Waals surface area contributed by atoms with Gasteiger partial charge in [-0.05, 0) is 24.3 Å². The van der Waals surface area contributed by atoms with Gasteiger partial charge in [0.2, 0.25) is 5.89 Å². The normalized spacial score (nSPS) is 10.7. The van der Waals surface area contributed by atoms with Crippen LogP contribution in [0.1, 0.15) is 0 Å². The number of oxazole rings is 1. The van der Waals surface area contributed by atoms with Gasteiger partial charge in [0.25, 0.3) is 5.69 Å². The van der Waals surface area contributed by atoms with Gasteiger partial charge in [0.1, 0.15) is 11.3 Å². The second-order valence-electron chi connectivity index (χ2n) is 4.16. The molecule has 1 heterocycles. The summed E-state index contributed by atoms with van der Waals surface area (Å²) < 4.78 is 10.8. The van der Waals surface area contributed by atoms with Crippen LogP contribution in [0.25, 0.3) is 22.6 Å². The van der Waals surface area contributed by atoms with Gasteiger partial charge in [-0.3, -0.25) is 10.1 Å². The summed E-state index contributed by atoms with van der Waals surface area (Å²) in [5, 5.41) is 10.6. The number of non-ortho nitro benzene ring substituents is 1. The standard InChI is InChI=1S/C14H10N2O4/c1-19-11-6-7-12-13(8-11)20-14(15-12)9-2-4-10(5-3-9)16(17)18/h2-8H,1H3. The molecule has 0 atom stereocenters. The lowest BCUT2D eigenvalue weighted by atomic mass is 10.2. The van der Waals surface area contributed by atoms with Crippen molar-refractivity contribution >= 4 is 16.8 Å². The molecule has 0 aliphatic carbocycles. The number of rotatable bonds is 3. The molecule has 3 rings (SSSR count). The molecule has 100 valence electrons. The molecule has 0 amide bonds. The summed E-state index contributed by atoms with van der Waals surface area (Å²) in [6, 6.07) is 11.4. The van der Waals surface area contributed by atoms with Crippen LogP contribution < -0.4 is 4.74 Å². The lowest BCUT2D eigenvalue weighted by Crippen LogP contribution is -1.87. The summed E-state index contributed by atoms with van der Waals surface area (Å²) in [6.45, 7) is 0. The lowest BCUT2D eigenvalue weighted by molar-refractivity contribution is -0.384. The Morgan fingerprint density at radius 3 is 2.60 bits per heavy atom. The Balaban J connectivity index is 2.03. The molecule has 20 heavy (non-hydrogen) atoms. The molecular weight excluding hydrogens is 260 g/mol. The van der Waals surface area contributed by atoms with E-state index in [1.807, 2.05) is 0 Å². The Labute approximate surface area is 113 Å². The van der Waals surface area contributed by atoms with E-state index in [4.69, 9.17) is 9.15 Å². The maximum atomic E-state index is 10.6. The van der Waals surface area contributed by atoms with Crippen molar-refractivity contribution in [3.8, 4) is 17.2 Å². The molecule has 1 aromatic heterocycles. The summed E-state index contributed by atoms with van der Waals surface area (Å²) in [4.78, 5) is 14.5. The number of hydrogen-bond acceptors (Lipinski definition) is 5. The van der Waals surface area contributed by atoms with Crippen LogP contribution >= 0.6 is 0 Å². The number of aromatic nitrogens is 1. The minimum atomic E-state index is -0.444. The highest BCUT2D eigenvalue weighted by Crippen LogP contribution is 2.27. The maximum Gasteiger partial charge on any atom is 0.269 e. The molecule has 0 aliphatic heterocycles. The van der Waals surface area contributed by atoms with Crippen molar-refractivity contribution in [3.63, 3.8) is 0 Å². The van der Waals surface area contributed by atoms with Crippen LogP contribution in [0, 0.1) is 10.1 Å². The first-order chi connectivity index (χ1) is 9.67. The number of nitro groups is 1. The zero-order valence-corrected chi connectivity index (χ0v) is 10.6. The number of benzene rings is 2. The van der Waals surface area contributed by atoms with Crippen LogP contribution in [-0.2, 0) is 0 Å². The first-order valence-electron chi connectivity index (χ1n) is 5.87. The average molecular weight is 270 g/mol. The molecule has 0 aliphatic rings. The van der Waals surface area contributed by atoms with E-state index in [2.05, 4.69) is 4.98 Å². The Hall–Kier alpha value is -2.89. The van der Waals surface area contributed by atoms with Gasteiger partial charge in [-0.1, -0.05) is 0 Å². The first-order valence-corrected chi connectivity index (χ1v) is 5.87. The maximum absolute atomic E-state index is 10.6. The molecular formula is C14H10N2O4. The van der Waals surface area contributed by atoms with Crippen molar-refractivity contribution < 1.29 is 14.1 Å². The van der Waals surface area contributed by atoms with E-state index in [1.165, 1.54) is 12.1 Å². The predicted octanol–water partition coefficient (Wildman–Crippen LogP) is 3.41. The van der Waals surface area contributed by atoms with Gasteiger partial charge in [-0.25, -0.2) is 4.98 Å². The molecule has 6 nitrogen and oxygen atoms in total. The van der Waals surface area contributed by atoms with E-state index in [-0.39, 0.29) is 5.69 Å². The third kappa shape index (κ3) is 2.07. The molecule has 2 aromatic carbocycles. The van der Waals surface area contributed by atoms with Crippen LogP contribution in [0.4, 0.5) is 5.69 Å². The minimum Gasteiger partial charge on any atom is -0.497 e. The third-order valence-electron chi connectivity index (χ3n) is 2.92. The number of ether oxygens (including phenoxy) is 1. The predicted molar refractivity (Wildman–Crippen MR) is 72.7 cm³/mol. The van der Waals surface area contributed by atoms with Gasteiger partial charge < -0.3 is 9.15 Å². The van der Waals surface area contributed by atoms with E-state index >= 15 is 0 Å². The number of methoxy groups -OCH3 is 1. The van der Waals surface area contributed by atoms with Crippen molar-refractivity contribution in [1.29, 1.82) is 0 Å². The molecule has 0 spiro atoms. The molecule has 3 aromatic rings. The number of nitro benzene ring substituents is 1. The highest BCUT2D eigenvalue weighted by molar-refractivity contribution is 5.77. The van der Waals surface area contributed by atoms with E-state index < -0.39 is 4.92 Å². The van der Waals surface area contributed by atoms with Crippen molar-refractivity contribution in [2.45, 2.75) is 0 Å². The van der Waals surface area contributed by atoms with Gasteiger partial charge in [-0.15, -0.1) is 0 Å². The Bertz CT molecular complexity index is 777. The first kappa shape index (κ1) is 12.2. The lowest BCUT2D eigenvalue weighted by Gasteiger charge is -1.96. The van der Waals surface area contributed by atoms with E-state index in [0.717, 1.165) is 0 Å². The average Bonchev–Trinajstić information content (AvgIpc) is 2.90. The summed E-state index contributed by atoms with van der Waals surface area (Å²) in [7, 11) is 1.58. The zero-order chi connectivity index (χ0) is 14.1.